The van der Waals surface area contributed by atoms with Gasteiger partial charge in [-0.25, -0.2) is 0 Å². The van der Waals surface area contributed by atoms with E-state index in [1.807, 2.05) is 30.3 Å². The summed E-state index contributed by atoms with van der Waals surface area (Å²) >= 11 is 3.63. The fraction of sp³-hybridized carbons (Fsp3) is 0.0909. The van der Waals surface area contributed by atoms with Crippen LogP contribution in [-0.2, 0) is 6.54 Å². The first-order valence-corrected chi connectivity index (χ1v) is 5.01. The van der Waals surface area contributed by atoms with E-state index in [0.29, 0.717) is 6.54 Å². The summed E-state index contributed by atoms with van der Waals surface area (Å²) in [5.74, 6) is 0. The molecule has 4 heteroatoms. The summed E-state index contributed by atoms with van der Waals surface area (Å²) in [5.41, 5.74) is 1.93. The van der Waals surface area contributed by atoms with Crippen LogP contribution in [0, 0.1) is 0 Å². The fourth-order valence-corrected chi connectivity index (χ4v) is 1.47. The van der Waals surface area contributed by atoms with Crippen LogP contribution in [0.15, 0.2) is 36.5 Å². The molecule has 1 aromatic carbocycles. The van der Waals surface area contributed by atoms with Gasteiger partial charge in [0.25, 0.3) is 5.24 Å². The zero-order valence-corrected chi connectivity index (χ0v) is 8.87. The number of benzene rings is 1. The van der Waals surface area contributed by atoms with Gasteiger partial charge in [-0.05, 0) is 17.7 Å². The third-order valence-corrected chi connectivity index (χ3v) is 2.25. The summed E-state index contributed by atoms with van der Waals surface area (Å²) in [6, 6.07) is 9.87. The predicted octanol–water partition coefficient (Wildman–Crippen LogP) is 2.37. The first-order chi connectivity index (χ1) is 7.25. The third kappa shape index (κ3) is 2.47. The standard InChI is InChI=1S/C11H10N2OS/c14-11(15)13-7-8-5-9-3-1-2-4-10(9)12-6-8/h1-6H,7H2,(H2,13,14,15). The number of hydrogen-bond donors (Lipinski definition) is 2. The van der Waals surface area contributed by atoms with Crippen molar-refractivity contribution in [1.82, 2.24) is 10.3 Å². The molecule has 0 aliphatic heterocycles. The van der Waals surface area contributed by atoms with Gasteiger partial charge in [-0.15, -0.1) is 0 Å². The van der Waals surface area contributed by atoms with Crippen molar-refractivity contribution < 1.29 is 4.79 Å². The Morgan fingerprint density at radius 3 is 3.00 bits per heavy atom. The van der Waals surface area contributed by atoms with Crippen LogP contribution in [0.3, 0.4) is 0 Å². The summed E-state index contributed by atoms with van der Waals surface area (Å²) < 4.78 is 0. The van der Waals surface area contributed by atoms with Crippen molar-refractivity contribution in [2.45, 2.75) is 6.54 Å². The molecular weight excluding hydrogens is 208 g/mol. The first kappa shape index (κ1) is 9.98. The number of nitrogens with one attached hydrogen (secondary N) is 1. The van der Waals surface area contributed by atoms with E-state index in [1.54, 1.807) is 6.20 Å². The van der Waals surface area contributed by atoms with Crippen LogP contribution in [0.5, 0.6) is 0 Å². The van der Waals surface area contributed by atoms with Crippen molar-refractivity contribution in [2.75, 3.05) is 0 Å². The van der Waals surface area contributed by atoms with E-state index in [-0.39, 0.29) is 5.24 Å². The molecule has 1 aromatic heterocycles. The topological polar surface area (TPSA) is 42.0 Å². The Balaban J connectivity index is 2.26. The molecule has 0 saturated carbocycles. The Morgan fingerprint density at radius 1 is 1.40 bits per heavy atom. The SMILES string of the molecule is O=C(S)NCc1cnc2ccccc2c1. The van der Waals surface area contributed by atoms with Gasteiger partial charge < -0.3 is 5.32 Å². The van der Waals surface area contributed by atoms with Crippen molar-refractivity contribution in [3.05, 3.63) is 42.1 Å². The summed E-state index contributed by atoms with van der Waals surface area (Å²) in [4.78, 5) is 14.9. The number of fused-ring (bicyclic) bond motifs is 1. The normalized spacial score (nSPS) is 10.2. The molecule has 0 aliphatic rings. The smallest absolute Gasteiger partial charge is 0.276 e. The highest BCUT2D eigenvalue weighted by Crippen LogP contribution is 2.12. The summed E-state index contributed by atoms with van der Waals surface area (Å²) in [6.45, 7) is 0.458. The van der Waals surface area contributed by atoms with E-state index in [2.05, 4.69) is 22.9 Å². The van der Waals surface area contributed by atoms with E-state index in [4.69, 9.17) is 0 Å². The number of rotatable bonds is 2. The highest BCUT2D eigenvalue weighted by Gasteiger charge is 1.98. The van der Waals surface area contributed by atoms with E-state index in [0.717, 1.165) is 16.5 Å². The molecule has 0 saturated heterocycles. The van der Waals surface area contributed by atoms with Crippen LogP contribution in [-0.4, -0.2) is 10.2 Å². The number of pyridine rings is 1. The number of thiol groups is 1. The molecular formula is C11H10N2OS. The van der Waals surface area contributed by atoms with Crippen molar-refractivity contribution in [1.29, 1.82) is 0 Å². The Kier molecular flexibility index (Phi) is 2.87. The van der Waals surface area contributed by atoms with Gasteiger partial charge in [0.15, 0.2) is 0 Å². The molecule has 1 N–H and O–H groups in total. The van der Waals surface area contributed by atoms with Crippen LogP contribution in [0.25, 0.3) is 10.9 Å². The van der Waals surface area contributed by atoms with Crippen molar-refractivity contribution in [3.8, 4) is 0 Å². The minimum absolute atomic E-state index is 0.330. The van der Waals surface area contributed by atoms with E-state index < -0.39 is 0 Å². The molecule has 0 fully saturated rings. The Labute approximate surface area is 92.9 Å². The maximum Gasteiger partial charge on any atom is 0.276 e. The number of carbonyl (C=O) groups excluding carboxylic acids is 1. The predicted molar refractivity (Wildman–Crippen MR) is 63.0 cm³/mol. The molecule has 3 nitrogen and oxygen atoms in total. The van der Waals surface area contributed by atoms with Gasteiger partial charge in [-0.1, -0.05) is 30.8 Å². The molecule has 1 amide bonds. The molecule has 1 heterocycles. The second-order valence-electron chi connectivity index (χ2n) is 3.19. The van der Waals surface area contributed by atoms with Gasteiger partial charge >= 0.3 is 0 Å². The molecule has 0 atom stereocenters. The third-order valence-electron chi connectivity index (χ3n) is 2.09. The fourth-order valence-electron chi connectivity index (χ4n) is 1.39. The van der Waals surface area contributed by atoms with Crippen LogP contribution in [0.1, 0.15) is 5.56 Å². The number of para-hydroxylation sites is 1. The minimum atomic E-state index is -0.330. The number of amides is 1. The number of carbonyl (C=O) groups is 1. The summed E-state index contributed by atoms with van der Waals surface area (Å²) in [7, 11) is 0. The van der Waals surface area contributed by atoms with E-state index in [1.165, 1.54) is 0 Å². The molecule has 0 radical (unpaired) electrons. The van der Waals surface area contributed by atoms with Gasteiger partial charge in [0.05, 0.1) is 5.52 Å². The lowest BCUT2D eigenvalue weighted by Gasteiger charge is -2.03. The van der Waals surface area contributed by atoms with Gasteiger partial charge in [0, 0.05) is 18.1 Å². The maximum atomic E-state index is 10.6. The Morgan fingerprint density at radius 2 is 2.20 bits per heavy atom. The average molecular weight is 218 g/mol. The molecule has 2 rings (SSSR count). The van der Waals surface area contributed by atoms with Crippen LogP contribution < -0.4 is 5.32 Å². The molecule has 76 valence electrons. The molecule has 0 bridgehead atoms. The molecule has 0 unspecified atom stereocenters. The van der Waals surface area contributed by atoms with Gasteiger partial charge in [-0.2, -0.15) is 0 Å². The summed E-state index contributed by atoms with van der Waals surface area (Å²) in [6.07, 6.45) is 1.76. The largest absolute Gasteiger partial charge is 0.343 e. The average Bonchev–Trinajstić information content (AvgIpc) is 2.26. The second-order valence-corrected chi connectivity index (χ2v) is 3.60. The minimum Gasteiger partial charge on any atom is -0.343 e. The number of nitrogens with zero attached hydrogens (tertiary/aromatic N) is 1. The van der Waals surface area contributed by atoms with Crippen LogP contribution >= 0.6 is 12.6 Å². The molecule has 0 spiro atoms. The number of aromatic nitrogens is 1. The van der Waals surface area contributed by atoms with Crippen molar-refractivity contribution >= 4 is 28.8 Å². The lowest BCUT2D eigenvalue weighted by atomic mass is 10.1. The zero-order valence-electron chi connectivity index (χ0n) is 7.97. The monoisotopic (exact) mass is 218 g/mol. The quantitative estimate of drug-likeness (QED) is 0.760. The highest BCUT2D eigenvalue weighted by molar-refractivity contribution is 7.96. The molecule has 15 heavy (non-hydrogen) atoms. The Hall–Kier alpha value is -1.55. The summed E-state index contributed by atoms with van der Waals surface area (Å²) in [5, 5.41) is 3.35. The van der Waals surface area contributed by atoms with E-state index >= 15 is 0 Å². The molecule has 2 aromatic rings. The van der Waals surface area contributed by atoms with Crippen molar-refractivity contribution in [2.24, 2.45) is 0 Å². The number of hydrogen-bond acceptors (Lipinski definition) is 2. The van der Waals surface area contributed by atoms with Gasteiger partial charge in [0.1, 0.15) is 0 Å². The lowest BCUT2D eigenvalue weighted by molar-refractivity contribution is 0.260. The first-order valence-electron chi connectivity index (χ1n) is 4.56. The van der Waals surface area contributed by atoms with Crippen LogP contribution in [0.2, 0.25) is 0 Å². The maximum absolute atomic E-state index is 10.6. The lowest BCUT2D eigenvalue weighted by Crippen LogP contribution is -2.15. The highest BCUT2D eigenvalue weighted by atomic mass is 32.1. The van der Waals surface area contributed by atoms with Gasteiger partial charge in [0.2, 0.25) is 0 Å². The molecule has 0 aliphatic carbocycles. The van der Waals surface area contributed by atoms with Gasteiger partial charge in [-0.3, -0.25) is 9.78 Å². The zero-order chi connectivity index (χ0) is 10.7. The van der Waals surface area contributed by atoms with E-state index in [9.17, 15) is 4.79 Å². The Bertz CT molecular complexity index is 499. The second kappa shape index (κ2) is 4.31. The van der Waals surface area contributed by atoms with Crippen LogP contribution in [0.4, 0.5) is 4.79 Å². The van der Waals surface area contributed by atoms with Crippen molar-refractivity contribution in [3.63, 3.8) is 0 Å².